The van der Waals surface area contributed by atoms with Crippen molar-refractivity contribution < 1.29 is 9.13 Å². The molecule has 21 heavy (non-hydrogen) atoms. The van der Waals surface area contributed by atoms with Gasteiger partial charge in [-0.3, -0.25) is 14.3 Å². The molecule has 1 unspecified atom stereocenters. The van der Waals surface area contributed by atoms with Crippen molar-refractivity contribution in [1.29, 1.82) is 0 Å². The first kappa shape index (κ1) is 15.5. The first-order valence-corrected chi connectivity index (χ1v) is 7.76. The van der Waals surface area contributed by atoms with Crippen molar-refractivity contribution in [2.24, 2.45) is 0 Å². The Bertz CT molecular complexity index is 734. The summed E-state index contributed by atoms with van der Waals surface area (Å²) in [5, 5.41) is 11.4. The quantitative estimate of drug-likeness (QED) is 0.530. The third-order valence-electron chi connectivity index (χ3n) is 3.12. The second-order valence-corrected chi connectivity index (χ2v) is 6.35. The lowest BCUT2D eigenvalue weighted by molar-refractivity contribution is -0.385. The monoisotopic (exact) mass is 324 g/mol. The molecule has 0 aromatic heterocycles. The third kappa shape index (κ3) is 3.40. The molecule has 7 heteroatoms. The van der Waals surface area contributed by atoms with Crippen LogP contribution >= 0.6 is 11.6 Å². The molecule has 0 radical (unpaired) electrons. The Kier molecular flexibility index (Phi) is 4.59. The Hall–Kier alpha value is -1.92. The lowest BCUT2D eigenvalue weighted by Crippen LogP contribution is -2.03. The fourth-order valence-electron chi connectivity index (χ4n) is 1.95. The van der Waals surface area contributed by atoms with Crippen molar-refractivity contribution in [3.63, 3.8) is 0 Å². The number of anilines is 1. The van der Waals surface area contributed by atoms with Crippen LogP contribution in [-0.4, -0.2) is 9.13 Å². The predicted molar refractivity (Wildman–Crippen MR) is 83.8 cm³/mol. The van der Waals surface area contributed by atoms with E-state index in [1.165, 1.54) is 6.07 Å². The molecule has 0 amide bonds. The standard InChI is InChI=1S/C14H13ClN2O3S/c1-9-10(3-2-4-13(9)17(18)19)8-21(20)14-7-11(15)5-6-12(14)16/h2-7H,8,16H2,1H3. The summed E-state index contributed by atoms with van der Waals surface area (Å²) in [6.45, 7) is 1.64. The topological polar surface area (TPSA) is 86.2 Å². The summed E-state index contributed by atoms with van der Waals surface area (Å²) in [7, 11) is -1.42. The highest BCUT2D eigenvalue weighted by atomic mass is 35.5. The van der Waals surface area contributed by atoms with Crippen LogP contribution in [-0.2, 0) is 16.6 Å². The van der Waals surface area contributed by atoms with E-state index in [1.54, 1.807) is 37.3 Å². The van der Waals surface area contributed by atoms with Crippen molar-refractivity contribution in [2.75, 3.05) is 5.73 Å². The van der Waals surface area contributed by atoms with Crippen LogP contribution in [0.3, 0.4) is 0 Å². The van der Waals surface area contributed by atoms with Gasteiger partial charge in [0.2, 0.25) is 0 Å². The Labute approximate surface area is 129 Å². The van der Waals surface area contributed by atoms with Crippen LogP contribution in [0.15, 0.2) is 41.3 Å². The Morgan fingerprint density at radius 2 is 2.05 bits per heavy atom. The van der Waals surface area contributed by atoms with Crippen molar-refractivity contribution in [2.45, 2.75) is 17.6 Å². The fraction of sp³-hybridized carbons (Fsp3) is 0.143. The summed E-state index contributed by atoms with van der Waals surface area (Å²) >= 11 is 5.88. The van der Waals surface area contributed by atoms with Crippen LogP contribution in [0.2, 0.25) is 5.02 Å². The zero-order valence-electron chi connectivity index (χ0n) is 11.2. The van der Waals surface area contributed by atoms with Gasteiger partial charge in [0.25, 0.3) is 5.69 Å². The van der Waals surface area contributed by atoms with Crippen molar-refractivity contribution in [1.82, 2.24) is 0 Å². The van der Waals surface area contributed by atoms with Crippen molar-refractivity contribution in [3.8, 4) is 0 Å². The lowest BCUT2D eigenvalue weighted by Gasteiger charge is -2.09. The molecule has 5 nitrogen and oxygen atoms in total. The normalized spacial score (nSPS) is 12.1. The first-order chi connectivity index (χ1) is 9.90. The molecule has 0 saturated carbocycles. The van der Waals surface area contributed by atoms with Gasteiger partial charge in [0.05, 0.1) is 26.4 Å². The maximum absolute atomic E-state index is 12.4. The van der Waals surface area contributed by atoms with Crippen LogP contribution < -0.4 is 5.73 Å². The van der Waals surface area contributed by atoms with Gasteiger partial charge < -0.3 is 5.73 Å². The number of nitrogens with zero attached hydrogens (tertiary/aromatic N) is 1. The zero-order valence-corrected chi connectivity index (χ0v) is 12.8. The minimum atomic E-state index is -1.42. The van der Waals surface area contributed by atoms with Crippen molar-refractivity contribution >= 4 is 33.8 Å². The van der Waals surface area contributed by atoms with Gasteiger partial charge in [0, 0.05) is 22.3 Å². The smallest absolute Gasteiger partial charge is 0.272 e. The van der Waals surface area contributed by atoms with Gasteiger partial charge in [0.15, 0.2) is 0 Å². The minimum Gasteiger partial charge on any atom is -0.398 e. The van der Waals surface area contributed by atoms with Crippen LogP contribution in [0.25, 0.3) is 0 Å². The van der Waals surface area contributed by atoms with E-state index in [1.807, 2.05) is 0 Å². The molecule has 110 valence electrons. The number of benzene rings is 2. The summed E-state index contributed by atoms with van der Waals surface area (Å²) in [6, 6.07) is 9.50. The van der Waals surface area contributed by atoms with E-state index in [0.29, 0.717) is 26.7 Å². The molecule has 0 aliphatic heterocycles. The van der Waals surface area contributed by atoms with E-state index in [0.717, 1.165) is 0 Å². The molecule has 0 aliphatic carbocycles. The number of hydrogen-bond acceptors (Lipinski definition) is 4. The molecule has 2 aromatic rings. The van der Waals surface area contributed by atoms with E-state index in [2.05, 4.69) is 0 Å². The van der Waals surface area contributed by atoms with Crippen LogP contribution in [0.1, 0.15) is 11.1 Å². The number of nitrogen functional groups attached to an aromatic ring is 1. The highest BCUT2D eigenvalue weighted by Crippen LogP contribution is 2.26. The molecular formula is C14H13ClN2O3S. The highest BCUT2D eigenvalue weighted by Gasteiger charge is 2.16. The molecule has 0 saturated heterocycles. The van der Waals surface area contributed by atoms with E-state index in [9.17, 15) is 14.3 Å². The number of rotatable bonds is 4. The second kappa shape index (κ2) is 6.24. The molecule has 0 fully saturated rings. The van der Waals surface area contributed by atoms with Gasteiger partial charge in [-0.2, -0.15) is 0 Å². The number of halogens is 1. The maximum Gasteiger partial charge on any atom is 0.272 e. The number of nitro groups is 1. The Balaban J connectivity index is 2.34. The predicted octanol–water partition coefficient (Wildman–Crippen LogP) is 3.45. The van der Waals surface area contributed by atoms with Gasteiger partial charge in [-0.25, -0.2) is 0 Å². The number of nitrogens with two attached hydrogens (primary N) is 1. The van der Waals surface area contributed by atoms with E-state index >= 15 is 0 Å². The molecule has 0 bridgehead atoms. The number of nitro benzene ring substituents is 1. The molecular weight excluding hydrogens is 312 g/mol. The molecule has 2 aromatic carbocycles. The van der Waals surface area contributed by atoms with Gasteiger partial charge in [-0.15, -0.1) is 0 Å². The van der Waals surface area contributed by atoms with Crippen LogP contribution in [0.5, 0.6) is 0 Å². The average molecular weight is 325 g/mol. The van der Waals surface area contributed by atoms with Gasteiger partial charge in [-0.05, 0) is 30.7 Å². The van der Waals surface area contributed by atoms with Crippen LogP contribution in [0.4, 0.5) is 11.4 Å². The Morgan fingerprint density at radius 1 is 1.33 bits per heavy atom. The zero-order chi connectivity index (χ0) is 15.6. The average Bonchev–Trinajstić information content (AvgIpc) is 2.43. The Morgan fingerprint density at radius 3 is 2.71 bits per heavy atom. The first-order valence-electron chi connectivity index (χ1n) is 6.06. The van der Waals surface area contributed by atoms with Gasteiger partial charge >= 0.3 is 0 Å². The summed E-state index contributed by atoms with van der Waals surface area (Å²) in [5.41, 5.74) is 7.37. The molecule has 0 aliphatic rings. The molecule has 2 N–H and O–H groups in total. The highest BCUT2D eigenvalue weighted by molar-refractivity contribution is 7.84. The largest absolute Gasteiger partial charge is 0.398 e. The van der Waals surface area contributed by atoms with Gasteiger partial charge in [0.1, 0.15) is 0 Å². The third-order valence-corrected chi connectivity index (χ3v) is 4.77. The van der Waals surface area contributed by atoms with E-state index in [-0.39, 0.29) is 11.4 Å². The van der Waals surface area contributed by atoms with E-state index in [4.69, 9.17) is 17.3 Å². The lowest BCUT2D eigenvalue weighted by atomic mass is 10.1. The second-order valence-electron chi connectivity index (χ2n) is 4.49. The molecule has 0 spiro atoms. The summed E-state index contributed by atoms with van der Waals surface area (Å²) < 4.78 is 12.4. The number of hydrogen-bond donors (Lipinski definition) is 1. The van der Waals surface area contributed by atoms with Crippen molar-refractivity contribution in [3.05, 3.63) is 62.7 Å². The summed E-state index contributed by atoms with van der Waals surface area (Å²) in [6.07, 6.45) is 0. The van der Waals surface area contributed by atoms with Gasteiger partial charge in [-0.1, -0.05) is 23.7 Å². The summed E-state index contributed by atoms with van der Waals surface area (Å²) in [4.78, 5) is 10.9. The molecule has 2 rings (SSSR count). The minimum absolute atomic E-state index is 0.0172. The van der Waals surface area contributed by atoms with E-state index < -0.39 is 15.7 Å². The van der Waals surface area contributed by atoms with Crippen LogP contribution in [0, 0.1) is 17.0 Å². The molecule has 0 heterocycles. The summed E-state index contributed by atoms with van der Waals surface area (Å²) in [5.74, 6) is 0.151. The SMILES string of the molecule is Cc1c(CS(=O)c2cc(Cl)ccc2N)cccc1[N+](=O)[O-]. The maximum atomic E-state index is 12.4. The molecule has 1 atom stereocenters. The fourth-order valence-corrected chi connectivity index (χ4v) is 3.53.